The van der Waals surface area contributed by atoms with Crippen molar-refractivity contribution in [3.05, 3.63) is 70.0 Å². The number of likely N-dealkylation sites (tertiary alicyclic amines) is 1. The van der Waals surface area contributed by atoms with Gasteiger partial charge in [-0.15, -0.1) is 0 Å². The van der Waals surface area contributed by atoms with Crippen molar-refractivity contribution in [2.24, 2.45) is 5.92 Å². The van der Waals surface area contributed by atoms with Crippen LogP contribution in [0.4, 0.5) is 5.82 Å². The molecule has 0 saturated carbocycles. The highest BCUT2D eigenvalue weighted by Gasteiger charge is 2.29. The zero-order valence-corrected chi connectivity index (χ0v) is 18.3. The molecule has 30 heavy (non-hydrogen) atoms. The highest BCUT2D eigenvalue weighted by Crippen LogP contribution is 2.22. The fourth-order valence-corrected chi connectivity index (χ4v) is 3.85. The Morgan fingerprint density at radius 1 is 1.10 bits per heavy atom. The third-order valence-corrected chi connectivity index (χ3v) is 5.83. The van der Waals surface area contributed by atoms with Crippen molar-refractivity contribution in [1.29, 1.82) is 0 Å². The van der Waals surface area contributed by atoms with Crippen molar-refractivity contribution in [3.8, 4) is 5.69 Å². The number of aromatic nitrogens is 3. The van der Waals surface area contributed by atoms with E-state index in [4.69, 9.17) is 11.6 Å². The van der Waals surface area contributed by atoms with Gasteiger partial charge in [0.1, 0.15) is 5.82 Å². The maximum atomic E-state index is 12.8. The molecule has 0 bridgehead atoms. The van der Waals surface area contributed by atoms with Gasteiger partial charge in [-0.3, -0.25) is 9.59 Å². The van der Waals surface area contributed by atoms with Crippen LogP contribution in [0.15, 0.2) is 59.3 Å². The van der Waals surface area contributed by atoms with Crippen LogP contribution in [0.5, 0.6) is 0 Å². The van der Waals surface area contributed by atoms with Crippen LogP contribution in [0, 0.1) is 5.92 Å². The summed E-state index contributed by atoms with van der Waals surface area (Å²) >= 11 is 9.53. The lowest BCUT2D eigenvalue weighted by Crippen LogP contribution is -2.41. The number of nitrogens with zero attached hydrogens (tertiary/aromatic N) is 4. The summed E-state index contributed by atoms with van der Waals surface area (Å²) in [6.45, 7) is 1.01. The van der Waals surface area contributed by atoms with Crippen molar-refractivity contribution in [2.75, 3.05) is 18.4 Å². The molecule has 4 rings (SSSR count). The smallest absolute Gasteiger partial charge is 0.274 e. The van der Waals surface area contributed by atoms with E-state index >= 15 is 0 Å². The maximum absolute atomic E-state index is 12.8. The number of hydrogen-bond donors (Lipinski definition) is 1. The summed E-state index contributed by atoms with van der Waals surface area (Å²) < 4.78 is 2.45. The summed E-state index contributed by atoms with van der Waals surface area (Å²) in [7, 11) is 0. The second kappa shape index (κ2) is 8.97. The van der Waals surface area contributed by atoms with E-state index in [0.717, 1.165) is 10.2 Å². The molecule has 3 heterocycles. The highest BCUT2D eigenvalue weighted by molar-refractivity contribution is 9.10. The lowest BCUT2D eigenvalue weighted by Gasteiger charge is -2.30. The number of carbonyl (C=O) groups is 2. The highest BCUT2D eigenvalue weighted by atomic mass is 79.9. The Hall–Kier alpha value is -2.71. The standard InChI is InChI=1S/C21H19BrClN5O2/c22-15-5-6-19(24-13-15)25-20(29)14-7-10-27(11-8-14)21(30)17-9-12-28(26-17)18-4-2-1-3-16(18)23/h1-6,9,12-14H,7-8,10-11H2,(H,24,25,29). The topological polar surface area (TPSA) is 80.1 Å². The monoisotopic (exact) mass is 487 g/mol. The number of piperidine rings is 1. The number of hydrogen-bond acceptors (Lipinski definition) is 4. The van der Waals surface area contributed by atoms with Gasteiger partial charge >= 0.3 is 0 Å². The van der Waals surface area contributed by atoms with E-state index in [-0.39, 0.29) is 17.7 Å². The fraction of sp³-hybridized carbons (Fsp3) is 0.238. The van der Waals surface area contributed by atoms with Crippen molar-refractivity contribution >= 4 is 45.2 Å². The number of halogens is 2. The van der Waals surface area contributed by atoms with Gasteiger partial charge in [-0.25, -0.2) is 9.67 Å². The second-order valence-electron chi connectivity index (χ2n) is 7.01. The molecule has 0 radical (unpaired) electrons. The van der Waals surface area contributed by atoms with E-state index in [1.165, 1.54) is 0 Å². The van der Waals surface area contributed by atoms with E-state index in [1.807, 2.05) is 24.3 Å². The molecule has 1 aliphatic heterocycles. The Bertz CT molecular complexity index is 1060. The first kappa shape index (κ1) is 20.6. The Morgan fingerprint density at radius 3 is 2.57 bits per heavy atom. The molecule has 0 atom stereocenters. The van der Waals surface area contributed by atoms with Crippen molar-refractivity contribution in [1.82, 2.24) is 19.7 Å². The molecule has 7 nitrogen and oxygen atoms in total. The van der Waals surface area contributed by atoms with E-state index in [0.29, 0.717) is 42.5 Å². The predicted octanol–water partition coefficient (Wildman–Crippen LogP) is 4.17. The third kappa shape index (κ3) is 4.55. The number of nitrogens with one attached hydrogen (secondary N) is 1. The van der Waals surface area contributed by atoms with Gasteiger partial charge in [0.05, 0.1) is 10.7 Å². The average Bonchev–Trinajstić information content (AvgIpc) is 3.25. The van der Waals surface area contributed by atoms with Crippen LogP contribution in [0.3, 0.4) is 0 Å². The average molecular weight is 489 g/mol. The number of anilines is 1. The Kier molecular flexibility index (Phi) is 6.15. The van der Waals surface area contributed by atoms with E-state index in [9.17, 15) is 9.59 Å². The summed E-state index contributed by atoms with van der Waals surface area (Å²) in [5.74, 6) is 0.154. The fourth-order valence-electron chi connectivity index (χ4n) is 3.39. The molecule has 3 aromatic rings. The largest absolute Gasteiger partial charge is 0.337 e. The van der Waals surface area contributed by atoms with Crippen LogP contribution in [-0.2, 0) is 4.79 Å². The molecule has 0 aliphatic carbocycles. The Labute approximate surface area is 187 Å². The minimum Gasteiger partial charge on any atom is -0.337 e. The minimum absolute atomic E-state index is 0.0695. The normalized spacial score (nSPS) is 14.5. The zero-order chi connectivity index (χ0) is 21.1. The van der Waals surface area contributed by atoms with Crippen molar-refractivity contribution in [3.63, 3.8) is 0 Å². The van der Waals surface area contributed by atoms with E-state index in [2.05, 4.69) is 31.3 Å². The summed E-state index contributed by atoms with van der Waals surface area (Å²) in [5.41, 5.74) is 1.08. The van der Waals surface area contributed by atoms with Crippen LogP contribution >= 0.6 is 27.5 Å². The third-order valence-electron chi connectivity index (χ3n) is 5.04. The Morgan fingerprint density at radius 2 is 1.87 bits per heavy atom. The van der Waals surface area contributed by atoms with Crippen LogP contribution in [0.2, 0.25) is 5.02 Å². The molecule has 1 aromatic carbocycles. The summed E-state index contributed by atoms with van der Waals surface area (Å²) in [5, 5.41) is 7.78. The van der Waals surface area contributed by atoms with Crippen LogP contribution < -0.4 is 5.32 Å². The molecule has 2 aromatic heterocycles. The predicted molar refractivity (Wildman–Crippen MR) is 118 cm³/mol. The van der Waals surface area contributed by atoms with Crippen molar-refractivity contribution in [2.45, 2.75) is 12.8 Å². The molecule has 154 valence electrons. The maximum Gasteiger partial charge on any atom is 0.274 e. The van der Waals surface area contributed by atoms with E-state index in [1.54, 1.807) is 40.2 Å². The summed E-state index contributed by atoms with van der Waals surface area (Å²) in [6.07, 6.45) is 4.55. The van der Waals surface area contributed by atoms with Gasteiger partial charge in [0.15, 0.2) is 5.69 Å². The van der Waals surface area contributed by atoms with Crippen molar-refractivity contribution < 1.29 is 9.59 Å². The number of para-hydroxylation sites is 1. The van der Waals surface area contributed by atoms with Crippen LogP contribution in [-0.4, -0.2) is 44.6 Å². The molecule has 9 heteroatoms. The number of carbonyl (C=O) groups excluding carboxylic acids is 2. The molecule has 0 spiro atoms. The van der Waals surface area contributed by atoms with Crippen LogP contribution in [0.25, 0.3) is 5.69 Å². The van der Waals surface area contributed by atoms with Gasteiger partial charge in [0.2, 0.25) is 5.91 Å². The van der Waals surface area contributed by atoms with Gasteiger partial charge < -0.3 is 10.2 Å². The van der Waals surface area contributed by atoms with Gasteiger partial charge in [-0.05, 0) is 59.1 Å². The van der Waals surface area contributed by atoms with Crippen LogP contribution in [0.1, 0.15) is 23.3 Å². The first-order valence-corrected chi connectivity index (χ1v) is 10.7. The number of amides is 2. The first-order chi connectivity index (χ1) is 14.5. The van der Waals surface area contributed by atoms with E-state index < -0.39 is 0 Å². The van der Waals surface area contributed by atoms with Gasteiger partial charge in [0.25, 0.3) is 5.91 Å². The minimum atomic E-state index is -0.153. The SMILES string of the molecule is O=C(Nc1ccc(Br)cn1)C1CCN(C(=O)c2ccn(-c3ccccc3Cl)n2)CC1. The molecular weight excluding hydrogens is 470 g/mol. The quantitative estimate of drug-likeness (QED) is 0.598. The summed E-state index contributed by atoms with van der Waals surface area (Å²) in [4.78, 5) is 31.2. The number of rotatable bonds is 4. The lowest BCUT2D eigenvalue weighted by atomic mass is 9.95. The number of pyridine rings is 1. The lowest BCUT2D eigenvalue weighted by molar-refractivity contribution is -0.121. The summed E-state index contributed by atoms with van der Waals surface area (Å²) in [6, 6.07) is 12.6. The molecule has 1 N–H and O–H groups in total. The molecule has 2 amide bonds. The second-order valence-corrected chi connectivity index (χ2v) is 8.34. The van der Waals surface area contributed by atoms with Gasteiger partial charge in [-0.2, -0.15) is 5.10 Å². The Balaban J connectivity index is 1.35. The molecule has 0 unspecified atom stereocenters. The molecular formula is C21H19BrClN5O2. The zero-order valence-electron chi connectivity index (χ0n) is 16.0. The molecule has 1 saturated heterocycles. The number of benzene rings is 1. The van der Waals surface area contributed by atoms with Gasteiger partial charge in [-0.1, -0.05) is 23.7 Å². The first-order valence-electron chi connectivity index (χ1n) is 9.53. The molecule has 1 aliphatic rings. The molecule has 1 fully saturated rings. The van der Waals surface area contributed by atoms with Gasteiger partial charge in [0, 0.05) is 35.9 Å².